The number of amides is 1. The van der Waals surface area contributed by atoms with Crippen molar-refractivity contribution in [3.8, 4) is 0 Å². The maximum atomic E-state index is 11.9. The Morgan fingerprint density at radius 3 is 2.70 bits per heavy atom. The standard InChI is InChI=1S/C11H17ClN4O3S/c1-3-20(18,19)16-6-8(7-16)4-13-11(17)10-9(12)5-14-15(10)2/h5,8H,3-4,6-7H2,1-2H3,(H,13,17). The zero-order valence-corrected chi connectivity index (χ0v) is 12.9. The van der Waals surface area contributed by atoms with E-state index in [9.17, 15) is 13.2 Å². The van der Waals surface area contributed by atoms with Gasteiger partial charge in [-0.2, -0.15) is 5.10 Å². The molecule has 0 spiro atoms. The quantitative estimate of drug-likeness (QED) is 0.833. The Bertz CT molecular complexity index is 588. The number of hydrogen-bond acceptors (Lipinski definition) is 4. The van der Waals surface area contributed by atoms with Gasteiger partial charge in [-0.25, -0.2) is 12.7 Å². The molecule has 0 bridgehead atoms. The van der Waals surface area contributed by atoms with Gasteiger partial charge in [-0.1, -0.05) is 11.6 Å². The van der Waals surface area contributed by atoms with Gasteiger partial charge in [0.15, 0.2) is 0 Å². The molecule has 7 nitrogen and oxygen atoms in total. The van der Waals surface area contributed by atoms with Gasteiger partial charge in [0, 0.05) is 32.6 Å². The Morgan fingerprint density at radius 1 is 1.55 bits per heavy atom. The number of hydrogen-bond donors (Lipinski definition) is 1. The first-order valence-corrected chi connectivity index (χ1v) is 8.27. The molecule has 0 saturated carbocycles. The van der Waals surface area contributed by atoms with Crippen LogP contribution in [0.3, 0.4) is 0 Å². The molecule has 1 saturated heterocycles. The van der Waals surface area contributed by atoms with Crippen molar-refractivity contribution >= 4 is 27.5 Å². The minimum absolute atomic E-state index is 0.108. The molecule has 1 fully saturated rings. The van der Waals surface area contributed by atoms with E-state index < -0.39 is 10.0 Å². The second kappa shape index (κ2) is 5.71. The topological polar surface area (TPSA) is 84.3 Å². The van der Waals surface area contributed by atoms with Crippen molar-refractivity contribution in [1.82, 2.24) is 19.4 Å². The predicted octanol–water partition coefficient (Wildman–Crippen LogP) is 0.0848. The van der Waals surface area contributed by atoms with Crippen LogP contribution in [0.2, 0.25) is 5.02 Å². The highest BCUT2D eigenvalue weighted by molar-refractivity contribution is 7.89. The molecule has 1 aromatic rings. The van der Waals surface area contributed by atoms with E-state index in [1.165, 1.54) is 15.2 Å². The van der Waals surface area contributed by atoms with Crippen molar-refractivity contribution in [3.05, 3.63) is 16.9 Å². The Hall–Kier alpha value is -1.12. The molecular weight excluding hydrogens is 304 g/mol. The summed E-state index contributed by atoms with van der Waals surface area (Å²) < 4.78 is 25.9. The van der Waals surface area contributed by atoms with Crippen LogP contribution < -0.4 is 5.32 Å². The molecule has 1 amide bonds. The zero-order chi connectivity index (χ0) is 14.9. The summed E-state index contributed by atoms with van der Waals surface area (Å²) in [7, 11) is -1.47. The Morgan fingerprint density at radius 2 is 2.20 bits per heavy atom. The van der Waals surface area contributed by atoms with Crippen molar-refractivity contribution < 1.29 is 13.2 Å². The van der Waals surface area contributed by atoms with E-state index in [1.54, 1.807) is 14.0 Å². The van der Waals surface area contributed by atoms with Crippen LogP contribution in [-0.2, 0) is 17.1 Å². The first-order chi connectivity index (χ1) is 9.35. The summed E-state index contributed by atoms with van der Waals surface area (Å²) >= 11 is 5.87. The summed E-state index contributed by atoms with van der Waals surface area (Å²) in [6.07, 6.45) is 1.41. The van der Waals surface area contributed by atoms with Gasteiger partial charge in [0.2, 0.25) is 10.0 Å². The van der Waals surface area contributed by atoms with Crippen LogP contribution in [0, 0.1) is 5.92 Å². The smallest absolute Gasteiger partial charge is 0.271 e. The molecule has 0 atom stereocenters. The number of carbonyl (C=O) groups is 1. The number of sulfonamides is 1. The third kappa shape index (κ3) is 2.97. The third-order valence-corrected chi connectivity index (χ3v) is 5.43. The first kappa shape index (κ1) is 15.3. The Balaban J connectivity index is 1.83. The number of aromatic nitrogens is 2. The predicted molar refractivity (Wildman–Crippen MR) is 75.1 cm³/mol. The normalized spacial score (nSPS) is 16.9. The molecule has 1 aliphatic rings. The van der Waals surface area contributed by atoms with Crippen molar-refractivity contribution in [2.45, 2.75) is 6.92 Å². The van der Waals surface area contributed by atoms with E-state index in [2.05, 4.69) is 10.4 Å². The molecule has 112 valence electrons. The van der Waals surface area contributed by atoms with Crippen molar-refractivity contribution in [3.63, 3.8) is 0 Å². The van der Waals surface area contributed by atoms with E-state index in [0.29, 0.717) is 30.4 Å². The SMILES string of the molecule is CCS(=O)(=O)N1CC(CNC(=O)c2c(Cl)cnn2C)C1. The number of carbonyl (C=O) groups excluding carboxylic acids is 1. The second-order valence-electron chi connectivity index (χ2n) is 4.76. The largest absolute Gasteiger partial charge is 0.350 e. The number of halogens is 1. The first-order valence-electron chi connectivity index (χ1n) is 6.28. The number of rotatable bonds is 5. The zero-order valence-electron chi connectivity index (χ0n) is 11.3. The minimum Gasteiger partial charge on any atom is -0.350 e. The van der Waals surface area contributed by atoms with Gasteiger partial charge >= 0.3 is 0 Å². The minimum atomic E-state index is -3.10. The van der Waals surface area contributed by atoms with Gasteiger partial charge in [-0.15, -0.1) is 0 Å². The van der Waals surface area contributed by atoms with Crippen LogP contribution in [-0.4, -0.2) is 53.8 Å². The maximum absolute atomic E-state index is 11.9. The monoisotopic (exact) mass is 320 g/mol. The lowest BCUT2D eigenvalue weighted by molar-refractivity contribution is 0.0920. The molecule has 9 heteroatoms. The van der Waals surface area contributed by atoms with Crippen LogP contribution in [0.5, 0.6) is 0 Å². The van der Waals surface area contributed by atoms with Crippen LogP contribution in [0.1, 0.15) is 17.4 Å². The van der Waals surface area contributed by atoms with E-state index in [-0.39, 0.29) is 17.6 Å². The van der Waals surface area contributed by atoms with Crippen molar-refractivity contribution in [2.24, 2.45) is 13.0 Å². The maximum Gasteiger partial charge on any atom is 0.271 e. The number of aryl methyl sites for hydroxylation is 1. The second-order valence-corrected chi connectivity index (χ2v) is 7.42. The van der Waals surface area contributed by atoms with Crippen LogP contribution in [0.25, 0.3) is 0 Å². The molecule has 1 N–H and O–H groups in total. The van der Waals surface area contributed by atoms with Gasteiger partial charge in [0.05, 0.1) is 17.0 Å². The fourth-order valence-electron chi connectivity index (χ4n) is 2.05. The van der Waals surface area contributed by atoms with Gasteiger partial charge < -0.3 is 5.32 Å². The average molecular weight is 321 g/mol. The summed E-state index contributed by atoms with van der Waals surface area (Å²) in [5, 5.41) is 6.94. The lowest BCUT2D eigenvalue weighted by Crippen LogP contribution is -2.54. The Kier molecular flexibility index (Phi) is 4.36. The van der Waals surface area contributed by atoms with E-state index in [0.717, 1.165) is 0 Å². The average Bonchev–Trinajstić information content (AvgIpc) is 2.66. The lowest BCUT2D eigenvalue weighted by atomic mass is 10.0. The molecule has 0 radical (unpaired) electrons. The molecule has 0 aromatic carbocycles. The van der Waals surface area contributed by atoms with Gasteiger partial charge in [-0.3, -0.25) is 9.48 Å². The Labute approximate surface area is 122 Å². The summed E-state index contributed by atoms with van der Waals surface area (Å²) in [5.41, 5.74) is 0.309. The van der Waals surface area contributed by atoms with E-state index in [4.69, 9.17) is 11.6 Å². The van der Waals surface area contributed by atoms with Crippen LogP contribution in [0.15, 0.2) is 6.20 Å². The molecule has 1 aromatic heterocycles. The molecule has 20 heavy (non-hydrogen) atoms. The lowest BCUT2D eigenvalue weighted by Gasteiger charge is -2.37. The molecular formula is C11H17ClN4O3S. The summed E-state index contributed by atoms with van der Waals surface area (Å²) in [6.45, 7) is 2.95. The molecule has 2 heterocycles. The van der Waals surface area contributed by atoms with E-state index >= 15 is 0 Å². The molecule has 1 aliphatic heterocycles. The number of nitrogens with zero attached hydrogens (tertiary/aromatic N) is 3. The molecule has 0 aliphatic carbocycles. The fraction of sp³-hybridized carbons (Fsp3) is 0.636. The summed E-state index contributed by atoms with van der Waals surface area (Å²) in [5.74, 6) is -0.0458. The summed E-state index contributed by atoms with van der Waals surface area (Å²) in [6, 6.07) is 0. The molecule has 0 unspecified atom stereocenters. The highest BCUT2D eigenvalue weighted by Crippen LogP contribution is 2.19. The van der Waals surface area contributed by atoms with Gasteiger partial charge in [-0.05, 0) is 6.92 Å². The van der Waals surface area contributed by atoms with Crippen LogP contribution >= 0.6 is 11.6 Å². The van der Waals surface area contributed by atoms with Crippen molar-refractivity contribution in [1.29, 1.82) is 0 Å². The highest BCUT2D eigenvalue weighted by atomic mass is 35.5. The van der Waals surface area contributed by atoms with E-state index in [1.807, 2.05) is 0 Å². The van der Waals surface area contributed by atoms with Crippen LogP contribution in [0.4, 0.5) is 0 Å². The highest BCUT2D eigenvalue weighted by Gasteiger charge is 2.34. The number of nitrogens with one attached hydrogen (secondary N) is 1. The molecule has 2 rings (SSSR count). The van der Waals surface area contributed by atoms with Gasteiger partial charge in [0.1, 0.15) is 5.69 Å². The van der Waals surface area contributed by atoms with Gasteiger partial charge in [0.25, 0.3) is 5.91 Å². The third-order valence-electron chi connectivity index (χ3n) is 3.34. The fourth-order valence-corrected chi connectivity index (χ4v) is 3.54. The van der Waals surface area contributed by atoms with Crippen molar-refractivity contribution in [2.75, 3.05) is 25.4 Å². The summed E-state index contributed by atoms with van der Waals surface area (Å²) in [4.78, 5) is 11.9.